The Hall–Kier alpha value is -1.00. The van der Waals surface area contributed by atoms with Crippen molar-refractivity contribution >= 4 is 99.7 Å². The van der Waals surface area contributed by atoms with E-state index in [2.05, 4.69) is 53.1 Å². The zero-order valence-electron chi connectivity index (χ0n) is 17.3. The Bertz CT molecular complexity index is 1050. The lowest BCUT2D eigenvalue weighted by Gasteiger charge is -2.14. The number of carbonyl (C=O) groups is 2. The second kappa shape index (κ2) is 11.9. The molecular weight excluding hydrogens is 640 g/mol. The lowest BCUT2D eigenvalue weighted by molar-refractivity contribution is -0.122. The summed E-state index contributed by atoms with van der Waals surface area (Å²) < 4.78 is 3.12. The molecule has 0 bridgehead atoms. The number of carbonyl (C=O) groups excluding carboxylic acids is 2. The van der Waals surface area contributed by atoms with Crippen molar-refractivity contribution < 1.29 is 9.59 Å². The van der Waals surface area contributed by atoms with E-state index in [4.69, 9.17) is 12.2 Å². The first-order valence-corrected chi connectivity index (χ1v) is 13.6. The Morgan fingerprint density at radius 1 is 1.09 bits per heavy atom. The molecule has 4 nitrogen and oxygen atoms in total. The number of rotatable bonds is 8. The van der Waals surface area contributed by atoms with Crippen LogP contribution >= 0.6 is 71.8 Å². The predicted octanol–water partition coefficient (Wildman–Crippen LogP) is 7.68. The van der Waals surface area contributed by atoms with Crippen molar-refractivity contribution in [1.82, 2.24) is 4.90 Å². The molecule has 1 heterocycles. The van der Waals surface area contributed by atoms with Crippen LogP contribution in [0.25, 0.3) is 6.08 Å². The zero-order chi connectivity index (χ0) is 23.3. The van der Waals surface area contributed by atoms with Crippen LogP contribution in [0.1, 0.15) is 36.8 Å². The number of thiocarbonyl (C=S) groups is 1. The fraction of sp³-hybridized carbons (Fsp3) is 0.261. The first-order valence-electron chi connectivity index (χ1n) is 10.0. The number of hydrogen-bond donors (Lipinski definition) is 1. The third-order valence-corrected chi connectivity index (χ3v) is 7.89. The molecule has 2 aromatic carbocycles. The molecule has 1 aliphatic heterocycles. The van der Waals surface area contributed by atoms with Crippen LogP contribution in [0, 0.1) is 6.92 Å². The van der Waals surface area contributed by atoms with Crippen LogP contribution < -0.4 is 5.32 Å². The molecule has 1 aliphatic rings. The van der Waals surface area contributed by atoms with Gasteiger partial charge in [0, 0.05) is 26.4 Å². The van der Waals surface area contributed by atoms with E-state index in [1.807, 2.05) is 49.4 Å². The van der Waals surface area contributed by atoms with Crippen molar-refractivity contribution in [3.63, 3.8) is 0 Å². The lowest BCUT2D eigenvalue weighted by atomic mass is 10.1. The monoisotopic (exact) mass is 658 g/mol. The smallest absolute Gasteiger partial charge is 0.266 e. The van der Waals surface area contributed by atoms with Crippen LogP contribution in [0.15, 0.2) is 54.7 Å². The van der Waals surface area contributed by atoms with Crippen LogP contribution in [-0.4, -0.2) is 27.6 Å². The second-order valence-corrected chi connectivity index (χ2v) is 11.6. The number of benzene rings is 2. The highest BCUT2D eigenvalue weighted by atomic mass is 79.9. The van der Waals surface area contributed by atoms with Gasteiger partial charge in [-0.1, -0.05) is 76.2 Å². The van der Waals surface area contributed by atoms with E-state index in [1.165, 1.54) is 17.3 Å². The Labute approximate surface area is 223 Å². The van der Waals surface area contributed by atoms with Gasteiger partial charge in [-0.05, 0) is 75.4 Å². The molecule has 32 heavy (non-hydrogen) atoms. The van der Waals surface area contributed by atoms with Gasteiger partial charge in [-0.15, -0.1) is 0 Å². The average Bonchev–Trinajstić information content (AvgIpc) is 2.99. The highest BCUT2D eigenvalue weighted by Crippen LogP contribution is 2.35. The summed E-state index contributed by atoms with van der Waals surface area (Å²) in [5, 5.41) is 2.93. The maximum Gasteiger partial charge on any atom is 0.266 e. The van der Waals surface area contributed by atoms with Gasteiger partial charge in [0.25, 0.3) is 5.91 Å². The Balaban J connectivity index is 1.43. The largest absolute Gasteiger partial charge is 0.324 e. The summed E-state index contributed by atoms with van der Waals surface area (Å²) in [5.74, 6) is -0.0800. The summed E-state index contributed by atoms with van der Waals surface area (Å²) >= 11 is 17.1. The Morgan fingerprint density at radius 3 is 2.41 bits per heavy atom. The molecule has 1 saturated heterocycles. The van der Waals surface area contributed by atoms with Gasteiger partial charge in [0.1, 0.15) is 4.32 Å². The van der Waals surface area contributed by atoms with Crippen molar-refractivity contribution in [1.29, 1.82) is 0 Å². The second-order valence-electron chi connectivity index (χ2n) is 7.35. The van der Waals surface area contributed by atoms with Gasteiger partial charge >= 0.3 is 0 Å². The standard InChI is InChI=1S/C23H21Br3N2O2S2/c1-14-6-8-15(9-7-14)11-19-22(30)28(23(31)32-19)10-4-2-3-5-20(29)27-21-17(25)12-16(24)13-18(21)26/h6-9,11-13H,2-5,10H2,1H3,(H,27,29)/b19-11-. The molecule has 1 N–H and O–H groups in total. The first kappa shape index (κ1) is 25.6. The molecule has 9 heteroatoms. The van der Waals surface area contributed by atoms with Gasteiger partial charge in [0.15, 0.2) is 0 Å². The minimum Gasteiger partial charge on any atom is -0.324 e. The topological polar surface area (TPSA) is 49.4 Å². The summed E-state index contributed by atoms with van der Waals surface area (Å²) in [6, 6.07) is 11.8. The van der Waals surface area contributed by atoms with Crippen molar-refractivity contribution in [2.75, 3.05) is 11.9 Å². The average molecular weight is 661 g/mol. The summed E-state index contributed by atoms with van der Waals surface area (Å²) in [4.78, 5) is 27.3. The third-order valence-electron chi connectivity index (χ3n) is 4.81. The number of nitrogens with zero attached hydrogens (tertiary/aromatic N) is 1. The quantitative estimate of drug-likeness (QED) is 0.179. The van der Waals surface area contributed by atoms with Crippen molar-refractivity contribution in [3.05, 3.63) is 65.8 Å². The van der Waals surface area contributed by atoms with E-state index in [0.717, 1.165) is 43.9 Å². The summed E-state index contributed by atoms with van der Waals surface area (Å²) in [6.45, 7) is 2.60. The number of thioether (sulfide) groups is 1. The fourth-order valence-corrected chi connectivity index (χ4v) is 6.87. The van der Waals surface area contributed by atoms with Gasteiger partial charge in [0.2, 0.25) is 5.91 Å². The van der Waals surface area contributed by atoms with E-state index in [9.17, 15) is 9.59 Å². The summed E-state index contributed by atoms with van der Waals surface area (Å²) in [5.41, 5.74) is 2.89. The number of unbranched alkanes of at least 4 members (excludes halogenated alkanes) is 2. The molecule has 0 spiro atoms. The number of aryl methyl sites for hydroxylation is 1. The maximum atomic E-state index is 12.7. The van der Waals surface area contributed by atoms with E-state index in [1.54, 1.807) is 4.90 Å². The summed E-state index contributed by atoms with van der Waals surface area (Å²) in [7, 11) is 0. The van der Waals surface area contributed by atoms with E-state index in [-0.39, 0.29) is 11.8 Å². The number of halogens is 3. The highest BCUT2D eigenvalue weighted by Gasteiger charge is 2.31. The highest BCUT2D eigenvalue weighted by molar-refractivity contribution is 9.11. The normalized spacial score (nSPS) is 15.0. The third kappa shape index (κ3) is 7.00. The molecule has 0 radical (unpaired) electrons. The molecule has 0 unspecified atom stereocenters. The van der Waals surface area contributed by atoms with Crippen molar-refractivity contribution in [2.24, 2.45) is 0 Å². The van der Waals surface area contributed by atoms with Crippen LogP contribution in [0.4, 0.5) is 5.69 Å². The fourth-order valence-electron chi connectivity index (χ4n) is 3.10. The molecule has 2 aromatic rings. The van der Waals surface area contributed by atoms with Crippen LogP contribution in [0.2, 0.25) is 0 Å². The molecule has 168 valence electrons. The maximum absolute atomic E-state index is 12.7. The molecule has 0 aromatic heterocycles. The Kier molecular flexibility index (Phi) is 9.55. The minimum atomic E-state index is -0.0413. The van der Waals surface area contributed by atoms with E-state index < -0.39 is 0 Å². The summed E-state index contributed by atoms with van der Waals surface area (Å²) in [6.07, 6.45) is 4.68. The van der Waals surface area contributed by atoms with Crippen molar-refractivity contribution in [2.45, 2.75) is 32.6 Å². The number of hydrogen-bond acceptors (Lipinski definition) is 4. The van der Waals surface area contributed by atoms with Crippen LogP contribution in [-0.2, 0) is 9.59 Å². The predicted molar refractivity (Wildman–Crippen MR) is 148 cm³/mol. The molecule has 0 saturated carbocycles. The number of anilines is 1. The molecular formula is C23H21Br3N2O2S2. The Morgan fingerprint density at radius 2 is 1.75 bits per heavy atom. The van der Waals surface area contributed by atoms with Crippen LogP contribution in [0.3, 0.4) is 0 Å². The molecule has 0 atom stereocenters. The van der Waals surface area contributed by atoms with E-state index >= 15 is 0 Å². The van der Waals surface area contributed by atoms with Crippen LogP contribution in [0.5, 0.6) is 0 Å². The van der Waals surface area contributed by atoms with Gasteiger partial charge < -0.3 is 5.32 Å². The molecule has 1 fully saturated rings. The minimum absolute atomic E-state index is 0.0387. The van der Waals surface area contributed by atoms with Gasteiger partial charge in [-0.3, -0.25) is 14.5 Å². The van der Waals surface area contributed by atoms with Gasteiger partial charge in [-0.2, -0.15) is 0 Å². The SMILES string of the molecule is Cc1ccc(/C=C2\SC(=S)N(CCCCCC(=O)Nc3c(Br)cc(Br)cc3Br)C2=O)cc1. The zero-order valence-corrected chi connectivity index (χ0v) is 23.7. The lowest BCUT2D eigenvalue weighted by Crippen LogP contribution is -2.29. The van der Waals surface area contributed by atoms with Gasteiger partial charge in [0.05, 0.1) is 10.6 Å². The number of amides is 2. The molecule has 0 aliphatic carbocycles. The van der Waals surface area contributed by atoms with Crippen molar-refractivity contribution in [3.8, 4) is 0 Å². The van der Waals surface area contributed by atoms with E-state index in [0.29, 0.717) is 22.2 Å². The molecule has 3 rings (SSSR count). The number of nitrogens with one attached hydrogen (secondary N) is 1. The molecule has 2 amide bonds. The first-order chi connectivity index (χ1) is 15.2. The van der Waals surface area contributed by atoms with Gasteiger partial charge in [-0.25, -0.2) is 0 Å².